The Hall–Kier alpha value is -1.38. The van der Waals surface area contributed by atoms with E-state index in [0.717, 1.165) is 6.42 Å². The van der Waals surface area contributed by atoms with Gasteiger partial charge in [0, 0.05) is 5.41 Å². The van der Waals surface area contributed by atoms with Crippen LogP contribution in [0.5, 0.6) is 0 Å². The number of Topliss-reactive ketones (excluding diaryl/α,β-unsaturated/α-hetero) is 1. The minimum absolute atomic E-state index is 0.0775. The zero-order chi connectivity index (χ0) is 12.6. The molecule has 3 nitrogen and oxygen atoms in total. The van der Waals surface area contributed by atoms with E-state index >= 15 is 0 Å². The number of esters is 1. The lowest BCUT2D eigenvalue weighted by molar-refractivity contribution is -0.145. The van der Waals surface area contributed by atoms with E-state index in [1.807, 2.05) is 26.0 Å². The monoisotopic (exact) mass is 224 g/mol. The van der Waals surface area contributed by atoms with Gasteiger partial charge >= 0.3 is 5.97 Å². The highest BCUT2D eigenvalue weighted by molar-refractivity contribution is 5.98. The van der Waals surface area contributed by atoms with E-state index in [2.05, 4.69) is 11.3 Å². The number of carbonyl (C=O) groups is 2. The summed E-state index contributed by atoms with van der Waals surface area (Å²) in [6, 6.07) is 0. The highest BCUT2D eigenvalue weighted by Crippen LogP contribution is 2.25. The van der Waals surface area contributed by atoms with E-state index in [4.69, 9.17) is 0 Å². The molecule has 0 rings (SSSR count). The van der Waals surface area contributed by atoms with Gasteiger partial charge in [-0.15, -0.1) is 0 Å². The van der Waals surface area contributed by atoms with Crippen LogP contribution in [0.4, 0.5) is 0 Å². The van der Waals surface area contributed by atoms with Gasteiger partial charge in [-0.05, 0) is 12.8 Å². The molecule has 0 aromatic heterocycles. The van der Waals surface area contributed by atoms with Gasteiger partial charge in [0.2, 0.25) is 0 Å². The molecule has 0 aromatic rings. The second-order valence-corrected chi connectivity index (χ2v) is 4.26. The largest absolute Gasteiger partial charge is 0.469 e. The van der Waals surface area contributed by atoms with Gasteiger partial charge in [0.25, 0.3) is 0 Å². The molecule has 0 spiro atoms. The highest BCUT2D eigenvalue weighted by Gasteiger charge is 2.28. The van der Waals surface area contributed by atoms with Crippen molar-refractivity contribution in [3.05, 3.63) is 24.8 Å². The molecular formula is C13H20O3. The van der Waals surface area contributed by atoms with Crippen LogP contribution in [-0.2, 0) is 14.3 Å². The van der Waals surface area contributed by atoms with Gasteiger partial charge in [0.1, 0.15) is 12.2 Å². The maximum Gasteiger partial charge on any atom is 0.313 e. The Bertz CT molecular complexity index is 288. The van der Waals surface area contributed by atoms with Crippen LogP contribution in [0.15, 0.2) is 24.8 Å². The van der Waals surface area contributed by atoms with Crippen LogP contribution >= 0.6 is 0 Å². The first-order valence-corrected chi connectivity index (χ1v) is 5.31. The summed E-state index contributed by atoms with van der Waals surface area (Å²) in [4.78, 5) is 22.7. The van der Waals surface area contributed by atoms with Crippen molar-refractivity contribution in [2.75, 3.05) is 7.11 Å². The lowest BCUT2D eigenvalue weighted by atomic mass is 9.82. The third kappa shape index (κ3) is 5.49. The summed E-state index contributed by atoms with van der Waals surface area (Å²) in [6.45, 7) is 7.26. The summed E-state index contributed by atoms with van der Waals surface area (Å²) in [5.41, 5.74) is -0.486. The minimum Gasteiger partial charge on any atom is -0.469 e. The molecule has 0 unspecified atom stereocenters. The van der Waals surface area contributed by atoms with Crippen molar-refractivity contribution in [2.45, 2.75) is 33.1 Å². The van der Waals surface area contributed by atoms with Crippen LogP contribution in [0.3, 0.4) is 0 Å². The van der Waals surface area contributed by atoms with Crippen LogP contribution < -0.4 is 0 Å². The molecule has 0 atom stereocenters. The molecular weight excluding hydrogens is 204 g/mol. The van der Waals surface area contributed by atoms with Crippen LogP contribution in [0.25, 0.3) is 0 Å². The van der Waals surface area contributed by atoms with Crippen molar-refractivity contribution in [1.29, 1.82) is 0 Å². The average Bonchev–Trinajstić information content (AvgIpc) is 2.24. The number of ether oxygens (including phenoxy) is 1. The van der Waals surface area contributed by atoms with Crippen molar-refractivity contribution in [2.24, 2.45) is 5.41 Å². The summed E-state index contributed by atoms with van der Waals surface area (Å²) in [5, 5.41) is 0. The Morgan fingerprint density at radius 1 is 1.38 bits per heavy atom. The molecule has 0 radical (unpaired) electrons. The van der Waals surface area contributed by atoms with Crippen molar-refractivity contribution in [3.63, 3.8) is 0 Å². The van der Waals surface area contributed by atoms with E-state index in [-0.39, 0.29) is 12.2 Å². The summed E-state index contributed by atoms with van der Waals surface area (Å²) in [5.74, 6) is -0.550. The van der Waals surface area contributed by atoms with Crippen molar-refractivity contribution < 1.29 is 14.3 Å². The third-order valence-corrected chi connectivity index (χ3v) is 2.50. The Morgan fingerprint density at radius 3 is 2.50 bits per heavy atom. The molecule has 90 valence electrons. The smallest absolute Gasteiger partial charge is 0.313 e. The van der Waals surface area contributed by atoms with Gasteiger partial charge in [0.15, 0.2) is 0 Å². The maximum atomic E-state index is 11.8. The van der Waals surface area contributed by atoms with Crippen LogP contribution in [-0.4, -0.2) is 18.9 Å². The Balaban J connectivity index is 4.19. The second-order valence-electron chi connectivity index (χ2n) is 4.26. The summed E-state index contributed by atoms with van der Waals surface area (Å²) >= 11 is 0. The van der Waals surface area contributed by atoms with Crippen molar-refractivity contribution in [1.82, 2.24) is 0 Å². The van der Waals surface area contributed by atoms with Crippen molar-refractivity contribution in [3.8, 4) is 0 Å². The first-order chi connectivity index (χ1) is 7.44. The number of hydrogen-bond acceptors (Lipinski definition) is 3. The Labute approximate surface area is 97.2 Å². The third-order valence-electron chi connectivity index (χ3n) is 2.50. The van der Waals surface area contributed by atoms with E-state index in [1.165, 1.54) is 7.11 Å². The fraction of sp³-hybridized carbons (Fsp3) is 0.538. The molecule has 0 N–H and O–H groups in total. The zero-order valence-corrected chi connectivity index (χ0v) is 10.3. The van der Waals surface area contributed by atoms with Crippen LogP contribution in [0, 0.1) is 5.41 Å². The summed E-state index contributed by atoms with van der Waals surface area (Å²) in [6.07, 6.45) is 6.87. The SMILES string of the molecule is C=C/C=C/CCC(C)(C)C(=O)CC(=O)OC. The van der Waals surface area contributed by atoms with E-state index in [9.17, 15) is 9.59 Å². The summed E-state index contributed by atoms with van der Waals surface area (Å²) in [7, 11) is 1.29. The molecule has 0 heterocycles. The molecule has 3 heteroatoms. The van der Waals surface area contributed by atoms with Gasteiger partial charge in [-0.1, -0.05) is 38.7 Å². The minimum atomic E-state index is -0.486. The fourth-order valence-corrected chi connectivity index (χ4v) is 1.22. The standard InChI is InChI=1S/C13H20O3/c1-5-6-7-8-9-13(2,3)11(14)10-12(15)16-4/h5-7H,1,8-10H2,2-4H3/b7-6+. The molecule has 16 heavy (non-hydrogen) atoms. The topological polar surface area (TPSA) is 43.4 Å². The average molecular weight is 224 g/mol. The fourth-order valence-electron chi connectivity index (χ4n) is 1.22. The first-order valence-electron chi connectivity index (χ1n) is 5.31. The lowest BCUT2D eigenvalue weighted by Crippen LogP contribution is -2.26. The van der Waals surface area contributed by atoms with Crippen LogP contribution in [0.2, 0.25) is 0 Å². The Kier molecular flexibility index (Phi) is 6.38. The normalized spacial score (nSPS) is 11.4. The number of ketones is 1. The van der Waals surface area contributed by atoms with Crippen molar-refractivity contribution >= 4 is 11.8 Å². The zero-order valence-electron chi connectivity index (χ0n) is 10.3. The molecule has 0 saturated carbocycles. The van der Waals surface area contributed by atoms with E-state index in [1.54, 1.807) is 6.08 Å². The quantitative estimate of drug-likeness (QED) is 0.379. The molecule has 0 amide bonds. The number of allylic oxidation sites excluding steroid dienone is 3. The summed E-state index contributed by atoms with van der Waals surface area (Å²) < 4.78 is 4.47. The molecule has 0 aliphatic rings. The highest BCUT2D eigenvalue weighted by atomic mass is 16.5. The number of methoxy groups -OCH3 is 1. The lowest BCUT2D eigenvalue weighted by Gasteiger charge is -2.21. The predicted octanol–water partition coefficient (Wildman–Crippen LogP) is 2.67. The van der Waals surface area contributed by atoms with Gasteiger partial charge in [-0.2, -0.15) is 0 Å². The second kappa shape index (κ2) is 6.99. The molecule has 0 saturated heterocycles. The van der Waals surface area contributed by atoms with Crippen LogP contribution in [0.1, 0.15) is 33.1 Å². The van der Waals surface area contributed by atoms with Gasteiger partial charge in [0.05, 0.1) is 7.11 Å². The number of carbonyl (C=O) groups excluding carboxylic acids is 2. The number of rotatable bonds is 7. The van der Waals surface area contributed by atoms with E-state index in [0.29, 0.717) is 6.42 Å². The van der Waals surface area contributed by atoms with Gasteiger partial charge in [-0.3, -0.25) is 9.59 Å². The van der Waals surface area contributed by atoms with Gasteiger partial charge in [-0.25, -0.2) is 0 Å². The Morgan fingerprint density at radius 2 is 2.00 bits per heavy atom. The molecule has 0 bridgehead atoms. The molecule has 0 aliphatic carbocycles. The maximum absolute atomic E-state index is 11.8. The molecule has 0 aliphatic heterocycles. The number of hydrogen-bond donors (Lipinski definition) is 0. The van der Waals surface area contributed by atoms with Gasteiger partial charge < -0.3 is 4.74 Å². The molecule has 0 aromatic carbocycles. The predicted molar refractivity (Wildman–Crippen MR) is 64.0 cm³/mol. The molecule has 0 fully saturated rings. The van der Waals surface area contributed by atoms with E-state index < -0.39 is 11.4 Å². The first kappa shape index (κ1) is 14.6.